The van der Waals surface area contributed by atoms with Crippen LogP contribution >= 0.6 is 34.8 Å². The van der Waals surface area contributed by atoms with E-state index in [1.807, 2.05) is 0 Å². The average molecular weight is 473 g/mol. The van der Waals surface area contributed by atoms with Gasteiger partial charge in [0.25, 0.3) is 11.8 Å². The molecule has 0 spiro atoms. The molecule has 2 aromatic carbocycles. The van der Waals surface area contributed by atoms with Crippen LogP contribution < -0.4 is 16.2 Å². The van der Waals surface area contributed by atoms with Crippen LogP contribution in [-0.4, -0.2) is 30.3 Å². The molecule has 0 fully saturated rings. The Labute approximate surface area is 186 Å². The molecule has 0 unspecified atom stereocenters. The summed E-state index contributed by atoms with van der Waals surface area (Å²) in [7, 11) is 0. The minimum atomic E-state index is -0.758. The van der Waals surface area contributed by atoms with Gasteiger partial charge in [-0.25, -0.2) is 0 Å². The van der Waals surface area contributed by atoms with Crippen LogP contribution in [0.25, 0.3) is 0 Å². The SMILES string of the molecule is O=C(COC(=O)CCC(=O)Nc1ccc(Cl)cc1Cl)NNC(=O)c1ccc(Cl)cc1. The molecule has 0 heterocycles. The molecule has 0 aliphatic rings. The normalized spacial score (nSPS) is 10.1. The van der Waals surface area contributed by atoms with Crippen molar-refractivity contribution < 1.29 is 23.9 Å². The van der Waals surface area contributed by atoms with Crippen molar-refractivity contribution in [3.8, 4) is 0 Å². The molecule has 2 rings (SSSR count). The van der Waals surface area contributed by atoms with Gasteiger partial charge in [0, 0.05) is 22.0 Å². The van der Waals surface area contributed by atoms with Crippen molar-refractivity contribution in [3.63, 3.8) is 0 Å². The highest BCUT2D eigenvalue weighted by molar-refractivity contribution is 6.36. The molecule has 0 radical (unpaired) electrons. The maximum Gasteiger partial charge on any atom is 0.306 e. The third kappa shape index (κ3) is 7.90. The number of carbonyl (C=O) groups excluding carboxylic acids is 4. The van der Waals surface area contributed by atoms with Gasteiger partial charge >= 0.3 is 5.97 Å². The van der Waals surface area contributed by atoms with Crippen LogP contribution in [0.2, 0.25) is 15.1 Å². The van der Waals surface area contributed by atoms with Gasteiger partial charge < -0.3 is 10.1 Å². The number of halogens is 3. The van der Waals surface area contributed by atoms with Gasteiger partial charge in [0.2, 0.25) is 5.91 Å². The van der Waals surface area contributed by atoms with Crippen molar-refractivity contribution in [2.24, 2.45) is 0 Å². The highest BCUT2D eigenvalue weighted by Crippen LogP contribution is 2.25. The number of rotatable bonds is 7. The molecule has 3 N–H and O–H groups in total. The number of carbonyl (C=O) groups is 4. The van der Waals surface area contributed by atoms with Gasteiger partial charge in [0.1, 0.15) is 0 Å². The van der Waals surface area contributed by atoms with Gasteiger partial charge in [-0.3, -0.25) is 30.0 Å². The highest BCUT2D eigenvalue weighted by atomic mass is 35.5. The van der Waals surface area contributed by atoms with E-state index in [4.69, 9.17) is 39.5 Å². The van der Waals surface area contributed by atoms with Crippen molar-refractivity contribution >= 4 is 64.2 Å². The average Bonchev–Trinajstić information content (AvgIpc) is 2.71. The lowest BCUT2D eigenvalue weighted by molar-refractivity contribution is -0.149. The summed E-state index contributed by atoms with van der Waals surface area (Å²) in [4.78, 5) is 47.0. The fourth-order valence-corrected chi connectivity index (χ4v) is 2.66. The summed E-state index contributed by atoms with van der Waals surface area (Å²) >= 11 is 17.4. The largest absolute Gasteiger partial charge is 0.455 e. The zero-order valence-electron chi connectivity index (χ0n) is 15.3. The number of hydrazine groups is 1. The number of esters is 1. The smallest absolute Gasteiger partial charge is 0.306 e. The van der Waals surface area contributed by atoms with Crippen molar-refractivity contribution in [2.45, 2.75) is 12.8 Å². The van der Waals surface area contributed by atoms with Gasteiger partial charge in [-0.1, -0.05) is 34.8 Å². The molecule has 0 aliphatic heterocycles. The molecule has 3 amide bonds. The Morgan fingerprint density at radius 1 is 0.800 bits per heavy atom. The number of benzene rings is 2. The topological polar surface area (TPSA) is 114 Å². The van der Waals surface area contributed by atoms with Crippen LogP contribution in [0.1, 0.15) is 23.2 Å². The summed E-state index contributed by atoms with van der Waals surface area (Å²) in [6.45, 7) is -0.621. The van der Waals surface area contributed by atoms with E-state index >= 15 is 0 Å². The summed E-state index contributed by atoms with van der Waals surface area (Å²) in [5.74, 6) is -2.53. The third-order valence-electron chi connectivity index (χ3n) is 3.55. The molecule has 0 saturated carbocycles. The molecule has 8 nitrogen and oxygen atoms in total. The molecular formula is C19H16Cl3N3O5. The van der Waals surface area contributed by atoms with Crippen molar-refractivity contribution in [1.29, 1.82) is 0 Å². The number of anilines is 1. The fourth-order valence-electron chi connectivity index (χ4n) is 2.07. The molecule has 158 valence electrons. The summed E-state index contributed by atoms with van der Waals surface area (Å²) in [6.07, 6.45) is -0.422. The van der Waals surface area contributed by atoms with Crippen LogP contribution in [0.3, 0.4) is 0 Å². The second-order valence-corrected chi connectivity index (χ2v) is 7.12. The predicted octanol–water partition coefficient (Wildman–Crippen LogP) is 3.37. The maximum absolute atomic E-state index is 11.9. The Morgan fingerprint density at radius 3 is 2.13 bits per heavy atom. The first-order chi connectivity index (χ1) is 14.2. The molecule has 2 aromatic rings. The van der Waals surface area contributed by atoms with E-state index in [9.17, 15) is 19.2 Å². The monoisotopic (exact) mass is 471 g/mol. The summed E-state index contributed by atoms with van der Waals surface area (Å²) in [5.41, 5.74) is 4.91. The van der Waals surface area contributed by atoms with E-state index in [-0.39, 0.29) is 23.4 Å². The Kier molecular flexibility index (Phi) is 8.91. The zero-order chi connectivity index (χ0) is 22.1. The Bertz CT molecular complexity index is 951. The molecular weight excluding hydrogens is 457 g/mol. The minimum absolute atomic E-state index is 0.174. The van der Waals surface area contributed by atoms with Crippen LogP contribution in [0.4, 0.5) is 5.69 Å². The molecule has 30 heavy (non-hydrogen) atoms. The van der Waals surface area contributed by atoms with E-state index in [0.717, 1.165) is 0 Å². The number of ether oxygens (including phenoxy) is 1. The molecule has 0 bridgehead atoms. The third-order valence-corrected chi connectivity index (χ3v) is 4.35. The summed E-state index contributed by atoms with van der Waals surface area (Å²) < 4.78 is 4.75. The molecule has 11 heteroatoms. The quantitative estimate of drug-likeness (QED) is 0.422. The molecule has 0 aliphatic carbocycles. The molecule has 0 atom stereocenters. The first-order valence-electron chi connectivity index (χ1n) is 8.50. The first-order valence-corrected chi connectivity index (χ1v) is 9.63. The Hall–Kier alpha value is -2.81. The van der Waals surface area contributed by atoms with Crippen LogP contribution in [0, 0.1) is 0 Å². The Morgan fingerprint density at radius 2 is 1.47 bits per heavy atom. The Balaban J connectivity index is 1.66. The predicted molar refractivity (Wildman–Crippen MR) is 112 cm³/mol. The number of hydrogen-bond donors (Lipinski definition) is 3. The van der Waals surface area contributed by atoms with E-state index in [1.54, 1.807) is 6.07 Å². The molecule has 0 aromatic heterocycles. The lowest BCUT2D eigenvalue weighted by atomic mass is 10.2. The zero-order valence-corrected chi connectivity index (χ0v) is 17.6. The standard InChI is InChI=1S/C19H16Cl3N3O5/c20-12-3-1-11(2-4-12)19(29)25-24-17(27)10-30-18(28)8-7-16(26)23-15-6-5-13(21)9-14(15)22/h1-6,9H,7-8,10H2,(H,23,26)(H,24,27)(H,25,29). The van der Waals surface area contributed by atoms with Gasteiger partial charge in [-0.05, 0) is 42.5 Å². The van der Waals surface area contributed by atoms with E-state index in [0.29, 0.717) is 15.7 Å². The van der Waals surface area contributed by atoms with E-state index in [2.05, 4.69) is 16.2 Å². The summed E-state index contributed by atoms with van der Waals surface area (Å²) in [6, 6.07) is 10.6. The number of amides is 3. The van der Waals surface area contributed by atoms with Gasteiger partial charge in [0.15, 0.2) is 6.61 Å². The minimum Gasteiger partial charge on any atom is -0.455 e. The van der Waals surface area contributed by atoms with Crippen molar-refractivity contribution in [2.75, 3.05) is 11.9 Å². The van der Waals surface area contributed by atoms with E-state index in [1.165, 1.54) is 36.4 Å². The lowest BCUT2D eigenvalue weighted by Crippen LogP contribution is -2.43. The highest BCUT2D eigenvalue weighted by Gasteiger charge is 2.13. The van der Waals surface area contributed by atoms with Crippen LogP contribution in [-0.2, 0) is 19.1 Å². The number of nitrogens with one attached hydrogen (secondary N) is 3. The number of hydrogen-bond acceptors (Lipinski definition) is 5. The van der Waals surface area contributed by atoms with Crippen LogP contribution in [0.15, 0.2) is 42.5 Å². The second-order valence-electron chi connectivity index (χ2n) is 5.84. The second kappa shape index (κ2) is 11.4. The molecule has 0 saturated heterocycles. The van der Waals surface area contributed by atoms with Gasteiger partial charge in [0.05, 0.1) is 17.1 Å². The van der Waals surface area contributed by atoms with Gasteiger partial charge in [-0.15, -0.1) is 0 Å². The first kappa shape index (κ1) is 23.5. The maximum atomic E-state index is 11.9. The summed E-state index contributed by atoms with van der Waals surface area (Å²) in [5, 5.41) is 3.68. The van der Waals surface area contributed by atoms with Crippen molar-refractivity contribution in [1.82, 2.24) is 10.9 Å². The van der Waals surface area contributed by atoms with Crippen LogP contribution in [0.5, 0.6) is 0 Å². The van der Waals surface area contributed by atoms with Crippen molar-refractivity contribution in [3.05, 3.63) is 63.1 Å². The lowest BCUT2D eigenvalue weighted by Gasteiger charge is -2.09. The van der Waals surface area contributed by atoms with Gasteiger partial charge in [-0.2, -0.15) is 0 Å². The fraction of sp³-hybridized carbons (Fsp3) is 0.158. The van der Waals surface area contributed by atoms with E-state index < -0.39 is 30.3 Å².